The number of phenolic OH excluding ortho intramolecular Hbond substituents is 1. The molecule has 2 aromatic carbocycles. The van der Waals surface area contributed by atoms with Crippen molar-refractivity contribution in [2.45, 2.75) is 30.6 Å². The zero-order valence-electron chi connectivity index (χ0n) is 15.5. The van der Waals surface area contributed by atoms with Crippen LogP contribution < -0.4 is 4.72 Å². The van der Waals surface area contributed by atoms with Crippen LogP contribution in [0, 0.1) is 10.1 Å². The number of nitrogens with zero attached hydrogens (tertiary/aromatic N) is 3. The fourth-order valence-electron chi connectivity index (χ4n) is 2.81. The average molecular weight is 416 g/mol. The van der Waals surface area contributed by atoms with Gasteiger partial charge in [0, 0.05) is 36.9 Å². The Bertz CT molecular complexity index is 1080. The molecule has 0 aromatic heterocycles. The monoisotopic (exact) mass is 416 g/mol. The van der Waals surface area contributed by atoms with Gasteiger partial charge in [0.2, 0.25) is 0 Å². The molecule has 1 aliphatic rings. The summed E-state index contributed by atoms with van der Waals surface area (Å²) in [7, 11) is -3.80. The second-order valence-corrected chi connectivity index (χ2v) is 8.18. The van der Waals surface area contributed by atoms with Crippen molar-refractivity contribution in [3.63, 3.8) is 0 Å². The van der Waals surface area contributed by atoms with Gasteiger partial charge in [-0.1, -0.05) is 12.5 Å². The molecule has 152 valence electrons. The van der Waals surface area contributed by atoms with Crippen LogP contribution in [-0.2, 0) is 10.0 Å². The fourth-order valence-corrected chi connectivity index (χ4v) is 3.93. The SMILES string of the molecule is O=[N+]([O-])c1ccc(O)c(C=Nc2cccc(S(=O)(=O)NC3=NCCCCC3)c2)c1. The van der Waals surface area contributed by atoms with Crippen molar-refractivity contribution in [3.8, 4) is 5.75 Å². The minimum atomic E-state index is -3.80. The summed E-state index contributed by atoms with van der Waals surface area (Å²) in [6, 6.07) is 9.54. The van der Waals surface area contributed by atoms with Crippen LogP contribution in [-0.4, -0.2) is 37.0 Å². The highest BCUT2D eigenvalue weighted by molar-refractivity contribution is 7.90. The van der Waals surface area contributed by atoms with Gasteiger partial charge in [-0.15, -0.1) is 0 Å². The number of phenols is 1. The van der Waals surface area contributed by atoms with Crippen molar-refractivity contribution in [2.75, 3.05) is 6.54 Å². The number of nitro benzene ring substituents is 1. The minimum absolute atomic E-state index is 0.0300. The normalized spacial score (nSPS) is 15.0. The molecule has 9 nitrogen and oxygen atoms in total. The lowest BCUT2D eigenvalue weighted by Crippen LogP contribution is -2.30. The molecule has 0 radical (unpaired) electrons. The summed E-state index contributed by atoms with van der Waals surface area (Å²) < 4.78 is 27.8. The molecule has 0 amide bonds. The van der Waals surface area contributed by atoms with Gasteiger partial charge in [0.15, 0.2) is 0 Å². The topological polar surface area (TPSA) is 134 Å². The van der Waals surface area contributed by atoms with E-state index in [1.807, 2.05) is 0 Å². The number of amidine groups is 1. The smallest absolute Gasteiger partial charge is 0.270 e. The molecule has 0 fully saturated rings. The maximum atomic E-state index is 12.7. The molecular formula is C19H20N4O5S. The number of nitro groups is 1. The summed E-state index contributed by atoms with van der Waals surface area (Å²) >= 11 is 0. The highest BCUT2D eigenvalue weighted by atomic mass is 32.2. The third kappa shape index (κ3) is 5.38. The molecule has 10 heteroatoms. The van der Waals surface area contributed by atoms with Crippen molar-refractivity contribution >= 4 is 33.4 Å². The lowest BCUT2D eigenvalue weighted by Gasteiger charge is -2.10. The zero-order valence-corrected chi connectivity index (χ0v) is 16.3. The first kappa shape index (κ1) is 20.5. The third-order valence-corrected chi connectivity index (χ3v) is 5.71. The number of sulfonamides is 1. The summed E-state index contributed by atoms with van der Waals surface area (Å²) in [6.07, 6.45) is 4.68. The molecule has 3 rings (SSSR count). The van der Waals surface area contributed by atoms with E-state index in [1.54, 1.807) is 12.1 Å². The van der Waals surface area contributed by atoms with Crippen LogP contribution in [0.1, 0.15) is 31.2 Å². The maximum absolute atomic E-state index is 12.7. The van der Waals surface area contributed by atoms with Gasteiger partial charge < -0.3 is 5.11 Å². The highest BCUT2D eigenvalue weighted by Crippen LogP contribution is 2.23. The summed E-state index contributed by atoms with van der Waals surface area (Å²) in [5, 5.41) is 20.7. The van der Waals surface area contributed by atoms with Crippen LogP contribution in [0.15, 0.2) is 57.3 Å². The number of aliphatic imine (C=N–C) groups is 2. The van der Waals surface area contributed by atoms with Gasteiger partial charge in [0.25, 0.3) is 15.7 Å². The van der Waals surface area contributed by atoms with Crippen LogP contribution in [0.2, 0.25) is 0 Å². The standard InChI is InChI=1S/C19H20N4O5S/c24-18-9-8-16(23(25)26)11-14(18)13-21-15-5-4-6-17(12-15)29(27,28)22-19-7-2-1-3-10-20-19/h4-6,8-9,11-13,24H,1-3,7,10H2,(H,20,22). The number of hydrogen-bond donors (Lipinski definition) is 2. The van der Waals surface area contributed by atoms with E-state index in [4.69, 9.17) is 0 Å². The van der Waals surface area contributed by atoms with Crippen LogP contribution in [0.4, 0.5) is 11.4 Å². The quantitative estimate of drug-likeness (QED) is 0.438. The number of rotatable bonds is 5. The summed E-state index contributed by atoms with van der Waals surface area (Å²) in [5.74, 6) is 0.286. The summed E-state index contributed by atoms with van der Waals surface area (Å²) in [5.41, 5.74) is 0.286. The van der Waals surface area contributed by atoms with Gasteiger partial charge in [0.1, 0.15) is 11.6 Å². The lowest BCUT2D eigenvalue weighted by molar-refractivity contribution is -0.384. The van der Waals surface area contributed by atoms with Crippen molar-refractivity contribution in [1.82, 2.24) is 4.72 Å². The Hall–Kier alpha value is -3.27. The molecule has 0 spiro atoms. The van der Waals surface area contributed by atoms with Gasteiger partial charge in [-0.3, -0.25) is 24.8 Å². The molecule has 0 saturated heterocycles. The molecule has 0 atom stereocenters. The molecule has 0 bridgehead atoms. The predicted octanol–water partition coefficient (Wildman–Crippen LogP) is 3.30. The van der Waals surface area contributed by atoms with Crippen molar-refractivity contribution in [1.29, 1.82) is 0 Å². The van der Waals surface area contributed by atoms with E-state index in [9.17, 15) is 23.6 Å². The number of hydrogen-bond acceptors (Lipinski definition) is 7. The molecule has 0 saturated carbocycles. The van der Waals surface area contributed by atoms with Gasteiger partial charge in [-0.2, -0.15) is 0 Å². The molecule has 29 heavy (non-hydrogen) atoms. The molecule has 2 N–H and O–H groups in total. The zero-order chi connectivity index (χ0) is 20.9. The minimum Gasteiger partial charge on any atom is -0.507 e. The van der Waals surface area contributed by atoms with E-state index in [0.29, 0.717) is 24.5 Å². The molecule has 1 aliphatic heterocycles. The van der Waals surface area contributed by atoms with Gasteiger partial charge in [-0.25, -0.2) is 8.42 Å². The first-order valence-electron chi connectivity index (χ1n) is 9.03. The predicted molar refractivity (Wildman–Crippen MR) is 110 cm³/mol. The van der Waals surface area contributed by atoms with Gasteiger partial charge >= 0.3 is 0 Å². The van der Waals surface area contributed by atoms with Crippen molar-refractivity contribution < 1.29 is 18.4 Å². The van der Waals surface area contributed by atoms with Crippen LogP contribution in [0.3, 0.4) is 0 Å². The van der Waals surface area contributed by atoms with Crippen molar-refractivity contribution in [2.24, 2.45) is 9.98 Å². The number of aromatic hydroxyl groups is 1. The Morgan fingerprint density at radius 2 is 2.00 bits per heavy atom. The average Bonchev–Trinajstić information content (AvgIpc) is 2.95. The highest BCUT2D eigenvalue weighted by Gasteiger charge is 2.17. The first-order valence-corrected chi connectivity index (χ1v) is 10.5. The number of nitrogens with one attached hydrogen (secondary N) is 1. The lowest BCUT2D eigenvalue weighted by atomic mass is 10.2. The fraction of sp³-hybridized carbons (Fsp3) is 0.263. The second kappa shape index (κ2) is 8.82. The number of benzene rings is 2. The Balaban J connectivity index is 1.82. The molecule has 0 aliphatic carbocycles. The first-order chi connectivity index (χ1) is 13.8. The van der Waals surface area contributed by atoms with Gasteiger partial charge in [0.05, 0.1) is 15.5 Å². The van der Waals surface area contributed by atoms with Crippen LogP contribution in [0.25, 0.3) is 0 Å². The van der Waals surface area contributed by atoms with Crippen LogP contribution >= 0.6 is 0 Å². The molecular weight excluding hydrogens is 396 g/mol. The van der Waals surface area contributed by atoms with E-state index < -0.39 is 14.9 Å². The van der Waals surface area contributed by atoms with Gasteiger partial charge in [-0.05, 0) is 37.1 Å². The Kier molecular flexibility index (Phi) is 6.23. The Labute approximate surface area is 168 Å². The third-order valence-electron chi connectivity index (χ3n) is 4.33. The summed E-state index contributed by atoms with van der Waals surface area (Å²) in [6.45, 7) is 0.606. The molecule has 2 aromatic rings. The van der Waals surface area contributed by atoms with E-state index in [1.165, 1.54) is 36.5 Å². The van der Waals surface area contributed by atoms with E-state index in [0.717, 1.165) is 19.3 Å². The molecule has 1 heterocycles. The van der Waals surface area contributed by atoms with Crippen LogP contribution in [0.5, 0.6) is 5.75 Å². The van der Waals surface area contributed by atoms with E-state index >= 15 is 0 Å². The Morgan fingerprint density at radius 1 is 1.17 bits per heavy atom. The summed E-state index contributed by atoms with van der Waals surface area (Å²) in [4.78, 5) is 18.7. The second-order valence-electron chi connectivity index (χ2n) is 6.50. The number of non-ortho nitro benzene ring substituents is 1. The maximum Gasteiger partial charge on any atom is 0.270 e. The Morgan fingerprint density at radius 3 is 2.79 bits per heavy atom. The molecule has 0 unspecified atom stereocenters. The largest absolute Gasteiger partial charge is 0.507 e. The van der Waals surface area contributed by atoms with E-state index in [-0.39, 0.29) is 21.9 Å². The van der Waals surface area contributed by atoms with E-state index in [2.05, 4.69) is 14.7 Å². The van der Waals surface area contributed by atoms with Crippen molar-refractivity contribution in [3.05, 3.63) is 58.1 Å².